The van der Waals surface area contributed by atoms with Crippen molar-refractivity contribution < 1.29 is 0 Å². The Bertz CT molecular complexity index is 234. The van der Waals surface area contributed by atoms with Gasteiger partial charge >= 0.3 is 0 Å². The minimum absolute atomic E-state index is 1.22. The summed E-state index contributed by atoms with van der Waals surface area (Å²) >= 11 is 0. The lowest BCUT2D eigenvalue weighted by molar-refractivity contribution is 0.545. The Morgan fingerprint density at radius 3 is 1.60 bits per heavy atom. The van der Waals surface area contributed by atoms with E-state index in [1.54, 1.807) is 0 Å². The molecule has 0 aliphatic rings. The molecule has 0 fully saturated rings. The number of allylic oxidation sites excluding steroid dienone is 5. The first-order valence-electron chi connectivity index (χ1n) is 8.86. The maximum absolute atomic E-state index is 3.65. The molecular weight excluding hydrogens is 240 g/mol. The first kappa shape index (κ1) is 19.2. The van der Waals surface area contributed by atoms with Crippen LogP contribution in [0.4, 0.5) is 0 Å². The summed E-state index contributed by atoms with van der Waals surface area (Å²) in [7, 11) is 0. The molecule has 0 aromatic rings. The van der Waals surface area contributed by atoms with Crippen LogP contribution in [0.2, 0.25) is 0 Å². The van der Waals surface area contributed by atoms with Gasteiger partial charge in [-0.15, -0.1) is 0 Å². The van der Waals surface area contributed by atoms with Gasteiger partial charge in [-0.1, -0.05) is 115 Å². The van der Waals surface area contributed by atoms with Crippen molar-refractivity contribution in [2.24, 2.45) is 0 Å². The molecule has 0 heteroatoms. The highest BCUT2D eigenvalue weighted by Crippen LogP contribution is 2.12. The van der Waals surface area contributed by atoms with E-state index in [9.17, 15) is 0 Å². The van der Waals surface area contributed by atoms with E-state index < -0.39 is 0 Å². The molecule has 0 spiro atoms. The van der Waals surface area contributed by atoms with Crippen LogP contribution >= 0.6 is 0 Å². The molecule has 116 valence electrons. The Kier molecular flexibility index (Phi) is 17.5. The van der Waals surface area contributed by atoms with Crippen LogP contribution in [0, 0.1) is 0 Å². The van der Waals surface area contributed by atoms with Gasteiger partial charge in [-0.25, -0.2) is 0 Å². The van der Waals surface area contributed by atoms with Gasteiger partial charge in [-0.3, -0.25) is 0 Å². The standard InChI is InChI=1S/C20H36/c1-3-5-7-9-11-13-15-17-19-20-18-16-14-12-10-8-6-4-2/h3,5,7,9,11H,1,4,6,8,10,12-20H2,2H3/b7-5-,11-9+. The molecule has 0 amide bonds. The normalized spacial score (nSPS) is 11.7. The summed E-state index contributed by atoms with van der Waals surface area (Å²) < 4.78 is 0. The van der Waals surface area contributed by atoms with Crippen LogP contribution in [0.5, 0.6) is 0 Å². The summed E-state index contributed by atoms with van der Waals surface area (Å²) in [6.07, 6.45) is 28.6. The quantitative estimate of drug-likeness (QED) is 0.216. The summed E-state index contributed by atoms with van der Waals surface area (Å²) in [5, 5.41) is 0. The second kappa shape index (κ2) is 18.2. The van der Waals surface area contributed by atoms with Crippen LogP contribution in [0.15, 0.2) is 37.0 Å². The van der Waals surface area contributed by atoms with Crippen molar-refractivity contribution in [2.45, 2.75) is 90.4 Å². The van der Waals surface area contributed by atoms with Crippen LogP contribution in [0.25, 0.3) is 0 Å². The minimum atomic E-state index is 1.22. The van der Waals surface area contributed by atoms with E-state index in [1.165, 1.54) is 83.5 Å². The molecule has 0 aromatic carbocycles. The molecule has 0 aliphatic carbocycles. The zero-order valence-electron chi connectivity index (χ0n) is 13.8. The van der Waals surface area contributed by atoms with Gasteiger partial charge in [0.1, 0.15) is 0 Å². The van der Waals surface area contributed by atoms with Gasteiger partial charge in [0.05, 0.1) is 0 Å². The largest absolute Gasteiger partial charge is 0.0991 e. The highest BCUT2D eigenvalue weighted by molar-refractivity contribution is 5.08. The van der Waals surface area contributed by atoms with Gasteiger partial charge in [0.2, 0.25) is 0 Å². The molecule has 0 nitrogen and oxygen atoms in total. The molecule has 0 bridgehead atoms. The molecule has 20 heavy (non-hydrogen) atoms. The molecule has 0 atom stereocenters. The lowest BCUT2D eigenvalue weighted by Gasteiger charge is -2.02. The van der Waals surface area contributed by atoms with E-state index in [-0.39, 0.29) is 0 Å². The zero-order chi connectivity index (χ0) is 14.7. The predicted octanol–water partition coefficient (Wildman–Crippen LogP) is 7.38. The predicted molar refractivity (Wildman–Crippen MR) is 94.2 cm³/mol. The van der Waals surface area contributed by atoms with Crippen molar-refractivity contribution in [1.29, 1.82) is 0 Å². The van der Waals surface area contributed by atoms with E-state index in [4.69, 9.17) is 0 Å². The monoisotopic (exact) mass is 276 g/mol. The third kappa shape index (κ3) is 17.2. The molecule has 0 saturated carbocycles. The van der Waals surface area contributed by atoms with E-state index in [1.807, 2.05) is 18.2 Å². The molecule has 0 unspecified atom stereocenters. The first-order valence-corrected chi connectivity index (χ1v) is 8.86. The summed E-state index contributed by atoms with van der Waals surface area (Å²) in [5.74, 6) is 0. The van der Waals surface area contributed by atoms with Gasteiger partial charge < -0.3 is 0 Å². The maximum Gasteiger partial charge on any atom is -0.0348 e. The van der Waals surface area contributed by atoms with Crippen molar-refractivity contribution in [3.63, 3.8) is 0 Å². The highest BCUT2D eigenvalue weighted by Gasteiger charge is 1.92. The Labute approximate surface area is 128 Å². The van der Waals surface area contributed by atoms with Crippen molar-refractivity contribution in [3.8, 4) is 0 Å². The number of hydrogen-bond donors (Lipinski definition) is 0. The summed E-state index contributed by atoms with van der Waals surface area (Å²) in [6.45, 7) is 5.93. The summed E-state index contributed by atoms with van der Waals surface area (Å²) in [4.78, 5) is 0. The minimum Gasteiger partial charge on any atom is -0.0991 e. The number of rotatable bonds is 15. The van der Waals surface area contributed by atoms with Crippen molar-refractivity contribution in [2.75, 3.05) is 0 Å². The lowest BCUT2D eigenvalue weighted by atomic mass is 10.0. The Morgan fingerprint density at radius 2 is 1.10 bits per heavy atom. The fourth-order valence-electron chi connectivity index (χ4n) is 2.42. The third-order valence-electron chi connectivity index (χ3n) is 3.72. The average molecular weight is 277 g/mol. The van der Waals surface area contributed by atoms with Crippen LogP contribution < -0.4 is 0 Å². The topological polar surface area (TPSA) is 0 Å². The summed E-state index contributed by atoms with van der Waals surface area (Å²) in [5.41, 5.74) is 0. The third-order valence-corrected chi connectivity index (χ3v) is 3.72. The van der Waals surface area contributed by atoms with Crippen LogP contribution in [0.1, 0.15) is 90.4 Å². The number of unbranched alkanes of at least 4 members (excludes halogenated alkanes) is 12. The smallest absolute Gasteiger partial charge is 0.0348 e. The fourth-order valence-corrected chi connectivity index (χ4v) is 2.42. The lowest BCUT2D eigenvalue weighted by Crippen LogP contribution is -1.82. The van der Waals surface area contributed by atoms with E-state index in [2.05, 4.69) is 25.7 Å². The van der Waals surface area contributed by atoms with Gasteiger partial charge in [0, 0.05) is 0 Å². The van der Waals surface area contributed by atoms with Crippen LogP contribution in [-0.2, 0) is 0 Å². The zero-order valence-corrected chi connectivity index (χ0v) is 13.8. The fraction of sp³-hybridized carbons (Fsp3) is 0.700. The van der Waals surface area contributed by atoms with Crippen molar-refractivity contribution >= 4 is 0 Å². The van der Waals surface area contributed by atoms with Gasteiger partial charge in [0.25, 0.3) is 0 Å². The van der Waals surface area contributed by atoms with Gasteiger partial charge in [0.15, 0.2) is 0 Å². The second-order valence-corrected chi connectivity index (χ2v) is 5.73. The molecule has 0 N–H and O–H groups in total. The maximum atomic E-state index is 3.65. The first-order chi connectivity index (χ1) is 9.91. The van der Waals surface area contributed by atoms with Crippen LogP contribution in [-0.4, -0.2) is 0 Å². The molecule has 0 aromatic heterocycles. The Balaban J connectivity index is 3.04. The Hall–Kier alpha value is -0.780. The van der Waals surface area contributed by atoms with E-state index >= 15 is 0 Å². The SMILES string of the molecule is C=C/C=C\C=C\CCCCCCCCCCCCCC. The van der Waals surface area contributed by atoms with E-state index in [0.29, 0.717) is 0 Å². The molecule has 0 saturated heterocycles. The molecular formula is C20H36. The van der Waals surface area contributed by atoms with Gasteiger partial charge in [-0.2, -0.15) is 0 Å². The summed E-state index contributed by atoms with van der Waals surface area (Å²) in [6, 6.07) is 0. The Morgan fingerprint density at radius 1 is 0.600 bits per heavy atom. The molecule has 0 aliphatic heterocycles. The van der Waals surface area contributed by atoms with Gasteiger partial charge in [-0.05, 0) is 12.8 Å². The van der Waals surface area contributed by atoms with Crippen molar-refractivity contribution in [1.82, 2.24) is 0 Å². The highest BCUT2D eigenvalue weighted by atomic mass is 14.0. The molecule has 0 heterocycles. The average Bonchev–Trinajstić information content (AvgIpc) is 2.47. The second-order valence-electron chi connectivity index (χ2n) is 5.73. The molecule has 0 rings (SSSR count). The molecule has 0 radical (unpaired) electrons. The van der Waals surface area contributed by atoms with E-state index in [0.717, 1.165) is 0 Å². The van der Waals surface area contributed by atoms with Crippen LogP contribution in [0.3, 0.4) is 0 Å². The number of hydrogen-bond acceptors (Lipinski definition) is 0. The van der Waals surface area contributed by atoms with Crippen molar-refractivity contribution in [3.05, 3.63) is 37.0 Å².